The Morgan fingerprint density at radius 2 is 2.00 bits per heavy atom. The van der Waals surface area contributed by atoms with E-state index in [4.69, 9.17) is 5.73 Å². The van der Waals surface area contributed by atoms with Crippen molar-refractivity contribution in [1.29, 1.82) is 0 Å². The first-order valence-electron chi connectivity index (χ1n) is 6.87. The highest BCUT2D eigenvalue weighted by Crippen LogP contribution is 2.14. The van der Waals surface area contributed by atoms with Crippen molar-refractivity contribution in [3.63, 3.8) is 0 Å². The topological polar surface area (TPSA) is 55.1 Å². The summed E-state index contributed by atoms with van der Waals surface area (Å²) in [7, 11) is 0. The van der Waals surface area contributed by atoms with Crippen LogP contribution in [0.4, 0.5) is 10.1 Å². The molecule has 0 aliphatic carbocycles. The lowest BCUT2D eigenvalue weighted by Crippen LogP contribution is -2.34. The van der Waals surface area contributed by atoms with Gasteiger partial charge in [-0.3, -0.25) is 4.79 Å². The molecule has 0 radical (unpaired) electrons. The molecule has 0 saturated heterocycles. The van der Waals surface area contributed by atoms with E-state index in [0.717, 1.165) is 6.07 Å². The van der Waals surface area contributed by atoms with E-state index in [-0.39, 0.29) is 23.2 Å². The normalized spacial score (nSPS) is 12.0. The number of hydrogen-bond donors (Lipinski definition) is 2. The summed E-state index contributed by atoms with van der Waals surface area (Å²) in [6, 6.07) is 11.8. The van der Waals surface area contributed by atoms with Crippen LogP contribution in [0.15, 0.2) is 42.5 Å². The number of halogens is 1. The summed E-state index contributed by atoms with van der Waals surface area (Å²) in [5.74, 6) is -0.825. The molecule has 3 nitrogen and oxygen atoms in total. The van der Waals surface area contributed by atoms with Crippen LogP contribution >= 0.6 is 0 Å². The molecule has 4 heteroatoms. The Morgan fingerprint density at radius 1 is 1.29 bits per heavy atom. The van der Waals surface area contributed by atoms with Gasteiger partial charge in [-0.2, -0.15) is 0 Å². The Labute approximate surface area is 124 Å². The minimum absolute atomic E-state index is 0.0683. The van der Waals surface area contributed by atoms with Crippen LogP contribution in [-0.4, -0.2) is 11.9 Å². The lowest BCUT2D eigenvalue weighted by atomic mass is 10.0. The number of anilines is 1. The van der Waals surface area contributed by atoms with Crippen molar-refractivity contribution in [3.05, 3.63) is 65.0 Å². The standard InChI is InChI=1S/C17H19FN2O/c1-11-5-3-4-6-13(11)9-12(2)20-17(21)15-10-14(18)7-8-16(15)19/h3-8,10,12H,9,19H2,1-2H3,(H,20,21). The first kappa shape index (κ1) is 15.0. The molecule has 0 aliphatic heterocycles. The zero-order valence-corrected chi connectivity index (χ0v) is 12.2. The van der Waals surface area contributed by atoms with E-state index in [9.17, 15) is 9.18 Å². The van der Waals surface area contributed by atoms with E-state index in [1.807, 2.05) is 38.1 Å². The van der Waals surface area contributed by atoms with Crippen LogP contribution in [0, 0.1) is 12.7 Å². The van der Waals surface area contributed by atoms with Gasteiger partial charge in [0.15, 0.2) is 0 Å². The number of carbonyl (C=O) groups is 1. The van der Waals surface area contributed by atoms with Crippen LogP contribution < -0.4 is 11.1 Å². The molecule has 1 atom stereocenters. The van der Waals surface area contributed by atoms with Gasteiger partial charge in [0, 0.05) is 11.7 Å². The summed E-state index contributed by atoms with van der Waals surface area (Å²) in [6.07, 6.45) is 0.716. The molecule has 0 bridgehead atoms. The fourth-order valence-corrected chi connectivity index (χ4v) is 2.25. The van der Waals surface area contributed by atoms with Crippen molar-refractivity contribution in [2.45, 2.75) is 26.3 Å². The number of benzene rings is 2. The Hall–Kier alpha value is -2.36. The number of aryl methyl sites for hydroxylation is 1. The largest absolute Gasteiger partial charge is 0.398 e. The van der Waals surface area contributed by atoms with Gasteiger partial charge in [0.25, 0.3) is 5.91 Å². The van der Waals surface area contributed by atoms with Crippen LogP contribution in [-0.2, 0) is 6.42 Å². The second-order valence-electron chi connectivity index (χ2n) is 5.24. The Bertz CT molecular complexity index is 655. The predicted octanol–water partition coefficient (Wildman–Crippen LogP) is 3.08. The molecule has 1 unspecified atom stereocenters. The molecule has 110 valence electrons. The quantitative estimate of drug-likeness (QED) is 0.849. The maximum Gasteiger partial charge on any atom is 0.253 e. The fourth-order valence-electron chi connectivity index (χ4n) is 2.25. The van der Waals surface area contributed by atoms with Crippen molar-refractivity contribution in [1.82, 2.24) is 5.32 Å². The average molecular weight is 286 g/mol. The van der Waals surface area contributed by atoms with Gasteiger partial charge in [-0.25, -0.2) is 4.39 Å². The predicted molar refractivity (Wildman–Crippen MR) is 82.6 cm³/mol. The Morgan fingerprint density at radius 3 is 2.71 bits per heavy atom. The van der Waals surface area contributed by atoms with Crippen LogP contribution in [0.2, 0.25) is 0 Å². The molecule has 2 aromatic carbocycles. The maximum atomic E-state index is 13.2. The average Bonchev–Trinajstić information content (AvgIpc) is 2.44. The van der Waals surface area contributed by atoms with Gasteiger partial charge < -0.3 is 11.1 Å². The van der Waals surface area contributed by atoms with Crippen LogP contribution in [0.25, 0.3) is 0 Å². The molecular formula is C17H19FN2O. The van der Waals surface area contributed by atoms with Gasteiger partial charge in [0.1, 0.15) is 5.82 Å². The number of carbonyl (C=O) groups excluding carboxylic acids is 1. The smallest absolute Gasteiger partial charge is 0.253 e. The van der Waals surface area contributed by atoms with Crippen molar-refractivity contribution in [2.75, 3.05) is 5.73 Å². The summed E-state index contributed by atoms with van der Waals surface area (Å²) < 4.78 is 13.2. The molecular weight excluding hydrogens is 267 g/mol. The van der Waals surface area contributed by atoms with Crippen molar-refractivity contribution in [3.8, 4) is 0 Å². The van der Waals surface area contributed by atoms with Gasteiger partial charge in [-0.05, 0) is 49.6 Å². The molecule has 2 aromatic rings. The molecule has 0 spiro atoms. The Balaban J connectivity index is 2.06. The number of nitrogens with two attached hydrogens (primary N) is 1. The van der Waals surface area contributed by atoms with E-state index in [2.05, 4.69) is 5.32 Å². The minimum Gasteiger partial charge on any atom is -0.398 e. The lowest BCUT2D eigenvalue weighted by Gasteiger charge is -2.16. The number of nitrogen functional groups attached to an aromatic ring is 1. The fraction of sp³-hybridized carbons (Fsp3) is 0.235. The van der Waals surface area contributed by atoms with Crippen LogP contribution in [0.5, 0.6) is 0 Å². The van der Waals surface area contributed by atoms with Crippen molar-refractivity contribution < 1.29 is 9.18 Å². The van der Waals surface area contributed by atoms with Crippen LogP contribution in [0.1, 0.15) is 28.4 Å². The van der Waals surface area contributed by atoms with Gasteiger partial charge in [0.2, 0.25) is 0 Å². The van der Waals surface area contributed by atoms with E-state index in [0.29, 0.717) is 6.42 Å². The van der Waals surface area contributed by atoms with E-state index >= 15 is 0 Å². The molecule has 0 aromatic heterocycles. The third-order valence-electron chi connectivity index (χ3n) is 3.42. The molecule has 0 aliphatic rings. The highest BCUT2D eigenvalue weighted by atomic mass is 19.1. The SMILES string of the molecule is Cc1ccccc1CC(C)NC(=O)c1cc(F)ccc1N. The first-order chi connectivity index (χ1) is 9.97. The number of amides is 1. The van der Waals surface area contributed by atoms with E-state index in [1.54, 1.807) is 0 Å². The lowest BCUT2D eigenvalue weighted by molar-refractivity contribution is 0.0940. The van der Waals surface area contributed by atoms with Gasteiger partial charge in [-0.15, -0.1) is 0 Å². The molecule has 0 saturated carbocycles. The number of rotatable bonds is 4. The minimum atomic E-state index is -0.471. The third-order valence-corrected chi connectivity index (χ3v) is 3.42. The zero-order chi connectivity index (χ0) is 15.4. The highest BCUT2D eigenvalue weighted by Gasteiger charge is 2.14. The van der Waals surface area contributed by atoms with Crippen LogP contribution in [0.3, 0.4) is 0 Å². The molecule has 0 heterocycles. The molecule has 0 fully saturated rings. The summed E-state index contributed by atoms with van der Waals surface area (Å²) in [5, 5.41) is 2.85. The summed E-state index contributed by atoms with van der Waals surface area (Å²) in [4.78, 5) is 12.1. The molecule has 21 heavy (non-hydrogen) atoms. The Kier molecular flexibility index (Phi) is 4.58. The molecule has 3 N–H and O–H groups in total. The van der Waals surface area contributed by atoms with Crippen molar-refractivity contribution >= 4 is 11.6 Å². The summed E-state index contributed by atoms with van der Waals surface area (Å²) in [5.41, 5.74) is 8.53. The molecule has 1 amide bonds. The zero-order valence-electron chi connectivity index (χ0n) is 12.2. The van der Waals surface area contributed by atoms with Gasteiger partial charge in [-0.1, -0.05) is 24.3 Å². The highest BCUT2D eigenvalue weighted by molar-refractivity contribution is 5.99. The summed E-state index contributed by atoms with van der Waals surface area (Å²) >= 11 is 0. The van der Waals surface area contributed by atoms with E-state index < -0.39 is 5.82 Å². The van der Waals surface area contributed by atoms with Gasteiger partial charge in [0.05, 0.1) is 5.56 Å². The van der Waals surface area contributed by atoms with E-state index in [1.165, 1.54) is 23.3 Å². The number of hydrogen-bond acceptors (Lipinski definition) is 2. The van der Waals surface area contributed by atoms with Gasteiger partial charge >= 0.3 is 0 Å². The monoisotopic (exact) mass is 286 g/mol. The maximum absolute atomic E-state index is 13.2. The summed E-state index contributed by atoms with van der Waals surface area (Å²) in [6.45, 7) is 3.95. The second kappa shape index (κ2) is 6.39. The second-order valence-corrected chi connectivity index (χ2v) is 5.24. The first-order valence-corrected chi connectivity index (χ1v) is 6.87. The van der Waals surface area contributed by atoms with Crippen molar-refractivity contribution in [2.24, 2.45) is 0 Å². The number of nitrogens with one attached hydrogen (secondary N) is 1. The third kappa shape index (κ3) is 3.81. The molecule has 2 rings (SSSR count).